The third-order valence-corrected chi connectivity index (χ3v) is 17.7. The molecule has 100 heavy (non-hydrogen) atoms. The Bertz CT molecular complexity index is 4090. The molecule has 532 valence electrons. The summed E-state index contributed by atoms with van der Waals surface area (Å²) >= 11 is 0. The standard InChI is InChI=1S/C71H89N15O14/c1-38(2)28-51(79-62(90)50(24-14-26-72)78-69(97)61(74)39(3)4)63(91)84-56(31-42-36-76-48-22-12-9-19-45(42)48)70(98)86-27-15-25-58(86)68(96)83-53(30-41-35-75-47-21-11-8-18-44(41)47)65(93)80-52(29-40-16-6-5-7-17-40)64(92)81-54(33-59(73)87)66(94)82-55(34-60(88)89)67(95)85-57(71(99)100)32-43-37-77-49-23-13-10-20-46(43)49/h5-13,16-23,35-39,50-58,61,75-77H,14-15,24-34,72,74H2,1-4H3,(H2,73,87)(H,78,97)(H,79,90)(H,80,93)(H,81,92)(H,82,94)(H,83,96)(H,84,91)(H,85,95)(H,88,89)(H,99,100)/t50-,51-,52-,53-,54-,55-,56-,57-,58-,61-/m0/s1. The number of aliphatic carboxylic acids is 2. The molecule has 10 amide bonds. The van der Waals surface area contributed by atoms with Crippen molar-refractivity contribution in [2.75, 3.05) is 13.1 Å². The number of fused-ring (bicyclic) bond motifs is 3. The molecule has 0 saturated carbocycles. The number of likely N-dealkylation sites (tertiary alicyclic amines) is 1. The lowest BCUT2D eigenvalue weighted by Gasteiger charge is -2.31. The Balaban J connectivity index is 1.05. The molecule has 0 radical (unpaired) electrons. The fourth-order valence-electron chi connectivity index (χ4n) is 12.3. The van der Waals surface area contributed by atoms with Gasteiger partial charge in [-0.05, 0) is 90.9 Å². The van der Waals surface area contributed by atoms with Gasteiger partial charge in [0.2, 0.25) is 59.1 Å². The van der Waals surface area contributed by atoms with Gasteiger partial charge in [-0.3, -0.25) is 52.7 Å². The molecule has 1 aliphatic heterocycles. The monoisotopic (exact) mass is 1380 g/mol. The number of nitrogens with two attached hydrogens (primary N) is 3. The van der Waals surface area contributed by atoms with Gasteiger partial charge in [0.25, 0.3) is 0 Å². The van der Waals surface area contributed by atoms with Gasteiger partial charge in [0, 0.05) is 83.5 Å². The number of hydrogen-bond donors (Lipinski definition) is 16. The Morgan fingerprint density at radius 2 is 0.920 bits per heavy atom. The van der Waals surface area contributed by atoms with E-state index < -0.39 is 144 Å². The molecule has 10 atom stereocenters. The zero-order valence-corrected chi connectivity index (χ0v) is 56.1. The number of nitrogens with zero attached hydrogens (tertiary/aromatic N) is 1. The van der Waals surface area contributed by atoms with Gasteiger partial charge < -0.3 is 89.8 Å². The third-order valence-electron chi connectivity index (χ3n) is 17.7. The van der Waals surface area contributed by atoms with Crippen molar-refractivity contribution in [1.82, 2.24) is 62.4 Å². The molecule has 3 aromatic heterocycles. The van der Waals surface area contributed by atoms with Crippen LogP contribution in [-0.4, -0.2) is 175 Å². The summed E-state index contributed by atoms with van der Waals surface area (Å²) in [5, 5.41) is 43.2. The maximum Gasteiger partial charge on any atom is 0.326 e. The highest BCUT2D eigenvalue weighted by Crippen LogP contribution is 2.26. The molecule has 7 aromatic rings. The predicted octanol–water partition coefficient (Wildman–Crippen LogP) is 1.47. The summed E-state index contributed by atoms with van der Waals surface area (Å²) in [5.74, 6) is -12.5. The minimum absolute atomic E-state index is 0.0411. The van der Waals surface area contributed by atoms with E-state index >= 15 is 14.4 Å². The van der Waals surface area contributed by atoms with Crippen molar-refractivity contribution >= 4 is 104 Å². The number of para-hydroxylation sites is 3. The van der Waals surface area contributed by atoms with E-state index in [2.05, 4.69) is 57.5 Å². The Kier molecular flexibility index (Phi) is 26.2. The van der Waals surface area contributed by atoms with Crippen molar-refractivity contribution in [1.29, 1.82) is 0 Å². The second-order valence-electron chi connectivity index (χ2n) is 26.0. The number of aromatic nitrogens is 3. The summed E-state index contributed by atoms with van der Waals surface area (Å²) in [6, 6.07) is 15.4. The fraction of sp³-hybridized carbons (Fsp3) is 0.408. The Hall–Kier alpha value is -10.9. The smallest absolute Gasteiger partial charge is 0.326 e. The van der Waals surface area contributed by atoms with Crippen molar-refractivity contribution in [2.45, 2.75) is 159 Å². The van der Waals surface area contributed by atoms with Crippen LogP contribution in [0.1, 0.15) is 94.9 Å². The van der Waals surface area contributed by atoms with Gasteiger partial charge in [-0.1, -0.05) is 113 Å². The number of carboxylic acid groups (broad SMARTS) is 2. The second kappa shape index (κ2) is 35.0. The van der Waals surface area contributed by atoms with Gasteiger partial charge in [-0.2, -0.15) is 0 Å². The number of rotatable bonds is 36. The van der Waals surface area contributed by atoms with Crippen molar-refractivity contribution < 1.29 is 67.7 Å². The first-order valence-corrected chi connectivity index (χ1v) is 33.4. The molecule has 0 bridgehead atoms. The molecule has 29 heteroatoms. The summed E-state index contributed by atoms with van der Waals surface area (Å²) in [4.78, 5) is 179. The summed E-state index contributed by atoms with van der Waals surface area (Å²) in [5.41, 5.74) is 21.9. The van der Waals surface area contributed by atoms with Crippen LogP contribution in [0, 0.1) is 11.8 Å². The maximum atomic E-state index is 15.4. The minimum atomic E-state index is -1.96. The van der Waals surface area contributed by atoms with Gasteiger partial charge >= 0.3 is 11.9 Å². The topological polar surface area (TPSA) is 470 Å². The molecule has 1 saturated heterocycles. The lowest BCUT2D eigenvalue weighted by atomic mass is 9.99. The Labute approximate surface area is 576 Å². The van der Waals surface area contributed by atoms with Crippen LogP contribution in [-0.2, 0) is 83.2 Å². The van der Waals surface area contributed by atoms with Crippen molar-refractivity contribution in [3.8, 4) is 0 Å². The Morgan fingerprint density at radius 3 is 1.42 bits per heavy atom. The van der Waals surface area contributed by atoms with Crippen LogP contribution in [0.4, 0.5) is 0 Å². The molecule has 1 aliphatic rings. The van der Waals surface area contributed by atoms with E-state index in [1.54, 1.807) is 111 Å². The molecule has 0 spiro atoms. The maximum absolute atomic E-state index is 15.4. The lowest BCUT2D eigenvalue weighted by molar-refractivity contribution is -0.144. The fourth-order valence-corrected chi connectivity index (χ4v) is 12.3. The number of primary amides is 1. The highest BCUT2D eigenvalue weighted by atomic mass is 16.4. The van der Waals surface area contributed by atoms with Gasteiger partial charge in [0.05, 0.1) is 18.9 Å². The van der Waals surface area contributed by atoms with E-state index in [1.165, 1.54) is 4.90 Å². The molecule has 0 unspecified atom stereocenters. The number of carbonyl (C=O) groups excluding carboxylic acids is 10. The van der Waals surface area contributed by atoms with E-state index in [1.807, 2.05) is 38.1 Å². The van der Waals surface area contributed by atoms with Crippen LogP contribution in [0.3, 0.4) is 0 Å². The molecule has 4 heterocycles. The summed E-state index contributed by atoms with van der Waals surface area (Å²) in [6.45, 7) is 7.47. The number of benzene rings is 4. The molecule has 19 N–H and O–H groups in total. The molecular formula is C71H89N15O14. The van der Waals surface area contributed by atoms with Crippen LogP contribution in [0.5, 0.6) is 0 Å². The van der Waals surface area contributed by atoms with Gasteiger partial charge in [0.15, 0.2) is 0 Å². The first-order valence-electron chi connectivity index (χ1n) is 33.4. The van der Waals surface area contributed by atoms with Crippen LogP contribution in [0.2, 0.25) is 0 Å². The summed E-state index contributed by atoms with van der Waals surface area (Å²) in [6.07, 6.45) is 3.17. The predicted molar refractivity (Wildman–Crippen MR) is 371 cm³/mol. The van der Waals surface area contributed by atoms with Crippen LogP contribution in [0.25, 0.3) is 32.7 Å². The molecule has 8 rings (SSSR count). The Morgan fingerprint density at radius 1 is 0.500 bits per heavy atom. The number of nitrogens with one attached hydrogen (secondary N) is 11. The van der Waals surface area contributed by atoms with Gasteiger partial charge in [0.1, 0.15) is 54.4 Å². The number of carboxylic acids is 2. The van der Waals surface area contributed by atoms with E-state index in [-0.39, 0.29) is 69.9 Å². The van der Waals surface area contributed by atoms with Crippen molar-refractivity contribution in [3.05, 3.63) is 144 Å². The number of amides is 10. The van der Waals surface area contributed by atoms with Gasteiger partial charge in [-0.25, -0.2) is 4.79 Å². The molecule has 4 aromatic carbocycles. The number of carbonyl (C=O) groups is 12. The van der Waals surface area contributed by atoms with E-state index in [0.29, 0.717) is 56.9 Å². The summed E-state index contributed by atoms with van der Waals surface area (Å²) in [7, 11) is 0. The summed E-state index contributed by atoms with van der Waals surface area (Å²) < 4.78 is 0. The first kappa shape index (κ1) is 74.8. The van der Waals surface area contributed by atoms with Crippen molar-refractivity contribution in [3.63, 3.8) is 0 Å². The zero-order valence-electron chi connectivity index (χ0n) is 56.1. The van der Waals surface area contributed by atoms with E-state index in [4.69, 9.17) is 17.2 Å². The average Bonchev–Trinajstić information content (AvgIpc) is 1.64. The minimum Gasteiger partial charge on any atom is -0.481 e. The van der Waals surface area contributed by atoms with E-state index in [0.717, 1.165) is 10.9 Å². The number of hydrogen-bond acceptors (Lipinski definition) is 14. The molecule has 1 fully saturated rings. The van der Waals surface area contributed by atoms with Crippen molar-refractivity contribution in [2.24, 2.45) is 29.0 Å². The van der Waals surface area contributed by atoms with Crippen LogP contribution in [0.15, 0.2) is 122 Å². The van der Waals surface area contributed by atoms with Gasteiger partial charge in [-0.15, -0.1) is 0 Å². The molecular weight excluding hydrogens is 1290 g/mol. The largest absolute Gasteiger partial charge is 0.481 e. The SMILES string of the molecule is CC(C)C[C@H](NC(=O)[C@H](CCCN)NC(=O)[C@@H](N)C(C)C)C(=O)N[C@@H](Cc1c[nH]c2ccccc12)C(=O)N1CCC[C@H]1C(=O)N[C@@H](Cc1c[nH]c2ccccc12)C(=O)N[C@@H](Cc1ccccc1)C(=O)N[C@@H](CC(N)=O)C(=O)N[C@@H](CC(=O)O)C(=O)N[C@@H](Cc1c[nH]c2ccccc12)C(=O)O. The van der Waals surface area contributed by atoms with Crippen LogP contribution < -0.4 is 59.7 Å². The first-order chi connectivity index (χ1) is 47.8. The molecule has 0 aliphatic carbocycles. The number of H-pyrrole nitrogens is 3. The average molecular weight is 1380 g/mol. The lowest BCUT2D eigenvalue weighted by Crippen LogP contribution is -2.61. The normalized spacial score (nSPS) is 15.7. The molecule has 29 nitrogen and oxygen atoms in total. The third kappa shape index (κ3) is 20.1. The number of aromatic amines is 3. The highest BCUT2D eigenvalue weighted by molar-refractivity contribution is 6.01. The highest BCUT2D eigenvalue weighted by Gasteiger charge is 2.42. The second-order valence-corrected chi connectivity index (χ2v) is 26.0. The van der Waals surface area contributed by atoms with E-state index in [9.17, 15) is 53.4 Å². The quantitative estimate of drug-likeness (QED) is 0.0264. The van der Waals surface area contributed by atoms with Crippen LogP contribution >= 0.6 is 0 Å². The zero-order chi connectivity index (χ0) is 72.3.